The summed E-state index contributed by atoms with van der Waals surface area (Å²) in [6, 6.07) is 26.5. The van der Waals surface area contributed by atoms with Gasteiger partial charge >= 0.3 is 0 Å². The van der Waals surface area contributed by atoms with E-state index >= 15 is 0 Å². The maximum absolute atomic E-state index is 10.2. The molecule has 3 nitrogen and oxygen atoms in total. The van der Waals surface area contributed by atoms with Crippen LogP contribution in [-0.4, -0.2) is 11.1 Å². The number of hydrogen-bond acceptors (Lipinski definition) is 3. The Bertz CT molecular complexity index is 1110. The summed E-state index contributed by atoms with van der Waals surface area (Å²) < 4.78 is 0. The number of allylic oxidation sites excluding steroid dienone is 2. The van der Waals surface area contributed by atoms with Crippen molar-refractivity contribution in [2.24, 2.45) is 0 Å². The van der Waals surface area contributed by atoms with Crippen LogP contribution in [0.4, 0.5) is 5.69 Å². The Balaban J connectivity index is 1.48. The molecular formula is C25H20N2O. The average Bonchev–Trinajstić information content (AvgIpc) is 3.19. The van der Waals surface area contributed by atoms with Gasteiger partial charge in [0.25, 0.3) is 0 Å². The molecule has 3 heteroatoms. The first-order valence-electron chi connectivity index (χ1n) is 9.39. The molecule has 0 fully saturated rings. The number of hydrogen-bond donors (Lipinski definition) is 2. The SMILES string of the molecule is Oc1ccccc1N1C=C2C=CC=C(c3cccc(-c4ccccc4)c3)C2N1. The number of hydrazine groups is 1. The third-order valence-electron chi connectivity index (χ3n) is 5.20. The molecular weight excluding hydrogens is 344 g/mol. The minimum Gasteiger partial charge on any atom is -0.506 e. The number of rotatable bonds is 3. The van der Waals surface area contributed by atoms with Crippen LogP contribution in [0.3, 0.4) is 0 Å². The molecule has 3 aromatic carbocycles. The highest BCUT2D eigenvalue weighted by Crippen LogP contribution is 2.36. The van der Waals surface area contributed by atoms with Gasteiger partial charge in [-0.2, -0.15) is 0 Å². The molecule has 0 spiro atoms. The van der Waals surface area contributed by atoms with Gasteiger partial charge in [0.05, 0.1) is 11.7 Å². The highest BCUT2D eigenvalue weighted by Gasteiger charge is 2.29. The Hall–Kier alpha value is -3.56. The molecule has 5 rings (SSSR count). The molecule has 1 aliphatic carbocycles. The summed E-state index contributed by atoms with van der Waals surface area (Å²) in [6.45, 7) is 0. The Morgan fingerprint density at radius 1 is 0.786 bits per heavy atom. The Labute approximate surface area is 164 Å². The van der Waals surface area contributed by atoms with Crippen molar-refractivity contribution in [3.05, 3.63) is 114 Å². The van der Waals surface area contributed by atoms with E-state index in [-0.39, 0.29) is 11.8 Å². The fourth-order valence-corrected chi connectivity index (χ4v) is 3.80. The first kappa shape index (κ1) is 16.6. The summed E-state index contributed by atoms with van der Waals surface area (Å²) in [5, 5.41) is 12.1. The quantitative estimate of drug-likeness (QED) is 0.663. The van der Waals surface area contributed by atoms with Gasteiger partial charge < -0.3 is 5.11 Å². The van der Waals surface area contributed by atoms with Crippen LogP contribution in [0.2, 0.25) is 0 Å². The van der Waals surface area contributed by atoms with Crippen molar-refractivity contribution in [1.29, 1.82) is 0 Å². The molecule has 1 aliphatic heterocycles. The van der Waals surface area contributed by atoms with Crippen LogP contribution in [0.15, 0.2) is 109 Å². The van der Waals surface area contributed by atoms with E-state index in [2.05, 4.69) is 72.2 Å². The molecule has 136 valence electrons. The van der Waals surface area contributed by atoms with Gasteiger partial charge in [0, 0.05) is 6.20 Å². The zero-order valence-electron chi connectivity index (χ0n) is 15.3. The van der Waals surface area contributed by atoms with E-state index in [1.54, 1.807) is 6.07 Å². The van der Waals surface area contributed by atoms with Crippen molar-refractivity contribution in [2.45, 2.75) is 6.04 Å². The lowest BCUT2D eigenvalue weighted by Gasteiger charge is -2.24. The largest absolute Gasteiger partial charge is 0.506 e. The zero-order valence-corrected chi connectivity index (χ0v) is 15.3. The van der Waals surface area contributed by atoms with E-state index in [0.717, 1.165) is 5.69 Å². The summed E-state index contributed by atoms with van der Waals surface area (Å²) in [4.78, 5) is 0. The standard InChI is InChI=1S/C25H20N2O/c28-24-15-5-4-14-23(24)27-17-21-12-7-13-22(25(21)26-27)20-11-6-10-19(16-20)18-8-2-1-3-9-18/h1-17,25-26,28H. The minimum atomic E-state index is 0.0515. The number of nitrogens with one attached hydrogen (secondary N) is 1. The van der Waals surface area contributed by atoms with Gasteiger partial charge in [-0.3, -0.25) is 5.01 Å². The van der Waals surface area contributed by atoms with Crippen molar-refractivity contribution >= 4 is 11.3 Å². The number of para-hydroxylation sites is 2. The smallest absolute Gasteiger partial charge is 0.140 e. The second-order valence-corrected chi connectivity index (χ2v) is 6.98. The van der Waals surface area contributed by atoms with Gasteiger partial charge in [0.1, 0.15) is 5.75 Å². The minimum absolute atomic E-state index is 0.0515. The molecule has 3 aromatic rings. The van der Waals surface area contributed by atoms with Crippen molar-refractivity contribution in [3.63, 3.8) is 0 Å². The van der Waals surface area contributed by atoms with Gasteiger partial charge in [-0.25, -0.2) is 5.43 Å². The number of aromatic hydroxyl groups is 1. The van der Waals surface area contributed by atoms with E-state index in [1.807, 2.05) is 35.5 Å². The summed E-state index contributed by atoms with van der Waals surface area (Å²) in [5.41, 5.74) is 10.3. The molecule has 2 aliphatic rings. The monoisotopic (exact) mass is 364 g/mol. The molecule has 0 saturated heterocycles. The van der Waals surface area contributed by atoms with Gasteiger partial charge in [-0.1, -0.05) is 78.9 Å². The normalized spacial score (nSPS) is 17.9. The molecule has 0 radical (unpaired) electrons. The van der Waals surface area contributed by atoms with Crippen molar-refractivity contribution in [3.8, 4) is 16.9 Å². The van der Waals surface area contributed by atoms with E-state index in [4.69, 9.17) is 0 Å². The van der Waals surface area contributed by atoms with Gasteiger partial charge in [-0.15, -0.1) is 0 Å². The maximum atomic E-state index is 10.2. The summed E-state index contributed by atoms with van der Waals surface area (Å²) in [6.07, 6.45) is 8.41. The lowest BCUT2D eigenvalue weighted by molar-refractivity contribution is 0.473. The van der Waals surface area contributed by atoms with Gasteiger partial charge in [0.2, 0.25) is 0 Å². The van der Waals surface area contributed by atoms with E-state index < -0.39 is 0 Å². The molecule has 0 aromatic heterocycles. The van der Waals surface area contributed by atoms with Crippen molar-refractivity contribution in [1.82, 2.24) is 5.43 Å². The molecule has 28 heavy (non-hydrogen) atoms. The van der Waals surface area contributed by atoms with Crippen molar-refractivity contribution in [2.75, 3.05) is 5.01 Å². The highest BCUT2D eigenvalue weighted by atomic mass is 16.3. The maximum Gasteiger partial charge on any atom is 0.140 e. The van der Waals surface area contributed by atoms with Crippen LogP contribution in [0, 0.1) is 0 Å². The highest BCUT2D eigenvalue weighted by molar-refractivity contribution is 5.81. The molecule has 0 bridgehead atoms. The predicted octanol–water partition coefficient (Wildman–Crippen LogP) is 5.29. The third kappa shape index (κ3) is 2.92. The van der Waals surface area contributed by atoms with Crippen LogP contribution >= 0.6 is 0 Å². The van der Waals surface area contributed by atoms with Gasteiger partial charge in [-0.05, 0) is 46.0 Å². The first-order chi connectivity index (χ1) is 13.8. The fourth-order valence-electron chi connectivity index (χ4n) is 3.80. The summed E-state index contributed by atoms with van der Waals surface area (Å²) >= 11 is 0. The first-order valence-corrected chi connectivity index (χ1v) is 9.39. The number of anilines is 1. The summed E-state index contributed by atoms with van der Waals surface area (Å²) in [5.74, 6) is 0.256. The second-order valence-electron chi connectivity index (χ2n) is 6.98. The lowest BCUT2D eigenvalue weighted by atomic mass is 9.89. The van der Waals surface area contributed by atoms with Gasteiger partial charge in [0.15, 0.2) is 0 Å². The van der Waals surface area contributed by atoms with E-state index in [9.17, 15) is 5.11 Å². The topological polar surface area (TPSA) is 35.5 Å². The van der Waals surface area contributed by atoms with Crippen LogP contribution < -0.4 is 10.4 Å². The molecule has 1 atom stereocenters. The third-order valence-corrected chi connectivity index (χ3v) is 5.20. The number of phenolic OH excluding ortho intramolecular Hbond substituents is 1. The average molecular weight is 364 g/mol. The fraction of sp³-hybridized carbons (Fsp3) is 0.0400. The molecule has 0 saturated carbocycles. The number of benzene rings is 3. The predicted molar refractivity (Wildman–Crippen MR) is 115 cm³/mol. The Morgan fingerprint density at radius 2 is 1.54 bits per heavy atom. The van der Waals surface area contributed by atoms with E-state index in [1.165, 1.54) is 27.8 Å². The molecule has 1 unspecified atom stereocenters. The Morgan fingerprint density at radius 3 is 2.39 bits per heavy atom. The van der Waals surface area contributed by atoms with Crippen LogP contribution in [-0.2, 0) is 0 Å². The lowest BCUT2D eigenvalue weighted by Crippen LogP contribution is -2.37. The van der Waals surface area contributed by atoms with Crippen LogP contribution in [0.5, 0.6) is 5.75 Å². The number of phenols is 1. The molecule has 2 N–H and O–H groups in total. The van der Waals surface area contributed by atoms with Crippen LogP contribution in [0.1, 0.15) is 5.56 Å². The zero-order chi connectivity index (χ0) is 18.9. The number of fused-ring (bicyclic) bond motifs is 1. The van der Waals surface area contributed by atoms with Crippen LogP contribution in [0.25, 0.3) is 16.7 Å². The second kappa shape index (κ2) is 6.87. The van der Waals surface area contributed by atoms with E-state index in [0.29, 0.717) is 0 Å². The van der Waals surface area contributed by atoms with Crippen molar-refractivity contribution < 1.29 is 5.11 Å². The number of nitrogens with zero attached hydrogens (tertiary/aromatic N) is 1. The Kier molecular flexibility index (Phi) is 4.08. The molecule has 1 heterocycles. The molecule has 0 amide bonds. The summed E-state index contributed by atoms with van der Waals surface area (Å²) in [7, 11) is 0.